The zero-order valence-corrected chi connectivity index (χ0v) is 13.3. The van der Waals surface area contributed by atoms with Gasteiger partial charge in [-0.25, -0.2) is 4.98 Å². The van der Waals surface area contributed by atoms with E-state index in [9.17, 15) is 9.59 Å². The zero-order chi connectivity index (χ0) is 14.7. The number of carbonyl (C=O) groups excluding carboxylic acids is 2. The van der Waals surface area contributed by atoms with E-state index in [-0.39, 0.29) is 17.7 Å². The molecule has 2 heterocycles. The molecule has 0 saturated carbocycles. The predicted octanol–water partition coefficient (Wildman–Crippen LogP) is 1.78. The number of likely N-dealkylation sites (tertiary alicyclic amines) is 1. The van der Waals surface area contributed by atoms with Crippen molar-refractivity contribution >= 4 is 27.7 Å². The summed E-state index contributed by atoms with van der Waals surface area (Å²) in [5.41, 5.74) is 0.629. The van der Waals surface area contributed by atoms with Crippen LogP contribution in [0.15, 0.2) is 22.9 Å². The van der Waals surface area contributed by atoms with Crippen molar-refractivity contribution in [3.8, 4) is 0 Å². The summed E-state index contributed by atoms with van der Waals surface area (Å²) in [6, 6.07) is 3.43. The molecule has 0 N–H and O–H groups in total. The van der Waals surface area contributed by atoms with Crippen molar-refractivity contribution in [2.75, 3.05) is 27.2 Å². The number of halogens is 1. The summed E-state index contributed by atoms with van der Waals surface area (Å²) in [6.45, 7) is 1.26. The number of hydrogen-bond acceptors (Lipinski definition) is 3. The number of nitrogens with zero attached hydrogens (tertiary/aromatic N) is 3. The van der Waals surface area contributed by atoms with Crippen LogP contribution >= 0.6 is 15.9 Å². The van der Waals surface area contributed by atoms with Crippen molar-refractivity contribution in [1.82, 2.24) is 14.8 Å². The molecular formula is C14H18BrN3O2. The third-order valence-corrected chi connectivity index (χ3v) is 3.98. The van der Waals surface area contributed by atoms with Crippen molar-refractivity contribution in [3.63, 3.8) is 0 Å². The highest BCUT2D eigenvalue weighted by Gasteiger charge is 2.28. The van der Waals surface area contributed by atoms with Gasteiger partial charge in [0.15, 0.2) is 0 Å². The summed E-state index contributed by atoms with van der Waals surface area (Å²) in [6.07, 6.45) is 3.07. The Morgan fingerprint density at radius 3 is 2.55 bits per heavy atom. The number of amides is 2. The van der Waals surface area contributed by atoms with Crippen molar-refractivity contribution in [2.24, 2.45) is 5.92 Å². The van der Waals surface area contributed by atoms with E-state index in [0.29, 0.717) is 23.3 Å². The van der Waals surface area contributed by atoms with Crippen LogP contribution in [-0.2, 0) is 4.79 Å². The van der Waals surface area contributed by atoms with Gasteiger partial charge in [-0.2, -0.15) is 0 Å². The van der Waals surface area contributed by atoms with Gasteiger partial charge in [-0.15, -0.1) is 0 Å². The van der Waals surface area contributed by atoms with Gasteiger partial charge in [0.25, 0.3) is 5.91 Å². The van der Waals surface area contributed by atoms with Crippen molar-refractivity contribution < 1.29 is 9.59 Å². The minimum Gasteiger partial charge on any atom is -0.349 e. The Kier molecular flexibility index (Phi) is 4.75. The van der Waals surface area contributed by atoms with E-state index in [1.54, 1.807) is 42.2 Å². The van der Waals surface area contributed by atoms with Crippen LogP contribution in [0, 0.1) is 5.92 Å². The van der Waals surface area contributed by atoms with E-state index in [4.69, 9.17) is 0 Å². The summed E-state index contributed by atoms with van der Waals surface area (Å²) in [5.74, 6) is 0.200. The summed E-state index contributed by atoms with van der Waals surface area (Å²) in [7, 11) is 3.54. The lowest BCUT2D eigenvalue weighted by atomic mass is 9.95. The molecule has 2 rings (SSSR count). The van der Waals surface area contributed by atoms with Gasteiger partial charge in [-0.3, -0.25) is 9.59 Å². The first-order chi connectivity index (χ1) is 9.49. The van der Waals surface area contributed by atoms with Gasteiger partial charge in [0.1, 0.15) is 4.60 Å². The van der Waals surface area contributed by atoms with E-state index < -0.39 is 0 Å². The standard InChI is InChI=1S/C14H18BrN3O2/c1-17(2)13(19)10-4-7-18(8-5-10)14(20)11-3-6-16-12(15)9-11/h3,6,9-10H,4-5,7-8H2,1-2H3. The van der Waals surface area contributed by atoms with Gasteiger partial charge >= 0.3 is 0 Å². The summed E-state index contributed by atoms with van der Waals surface area (Å²) in [4.78, 5) is 31.7. The molecule has 0 spiro atoms. The molecule has 108 valence electrons. The molecule has 1 aromatic heterocycles. The topological polar surface area (TPSA) is 53.5 Å². The summed E-state index contributed by atoms with van der Waals surface area (Å²) in [5, 5.41) is 0. The third-order valence-electron chi connectivity index (χ3n) is 3.55. The Morgan fingerprint density at radius 1 is 1.35 bits per heavy atom. The first-order valence-corrected chi connectivity index (χ1v) is 7.40. The number of hydrogen-bond donors (Lipinski definition) is 0. The second-order valence-corrected chi connectivity index (χ2v) is 5.98. The van der Waals surface area contributed by atoms with Crippen LogP contribution in [0.25, 0.3) is 0 Å². The van der Waals surface area contributed by atoms with Crippen LogP contribution in [0.3, 0.4) is 0 Å². The van der Waals surface area contributed by atoms with Crippen molar-refractivity contribution in [2.45, 2.75) is 12.8 Å². The SMILES string of the molecule is CN(C)C(=O)C1CCN(C(=O)c2ccnc(Br)c2)CC1. The van der Waals surface area contributed by atoms with Crippen LogP contribution in [0.5, 0.6) is 0 Å². The van der Waals surface area contributed by atoms with Gasteiger partial charge in [0.2, 0.25) is 5.91 Å². The van der Waals surface area contributed by atoms with Crippen LogP contribution in [0.4, 0.5) is 0 Å². The monoisotopic (exact) mass is 339 g/mol. The summed E-state index contributed by atoms with van der Waals surface area (Å²) >= 11 is 3.27. The average Bonchev–Trinajstić information content (AvgIpc) is 2.46. The van der Waals surface area contributed by atoms with Crippen LogP contribution in [-0.4, -0.2) is 53.8 Å². The number of rotatable bonds is 2. The molecule has 20 heavy (non-hydrogen) atoms. The lowest BCUT2D eigenvalue weighted by molar-refractivity contribution is -0.134. The lowest BCUT2D eigenvalue weighted by Gasteiger charge is -2.32. The molecule has 0 aromatic carbocycles. The molecule has 1 aromatic rings. The fraction of sp³-hybridized carbons (Fsp3) is 0.500. The maximum absolute atomic E-state index is 12.3. The second-order valence-electron chi connectivity index (χ2n) is 5.17. The molecule has 0 radical (unpaired) electrons. The average molecular weight is 340 g/mol. The maximum Gasteiger partial charge on any atom is 0.254 e. The molecule has 0 bridgehead atoms. The molecule has 1 saturated heterocycles. The molecule has 6 heteroatoms. The molecule has 1 aliphatic rings. The van der Waals surface area contributed by atoms with Crippen LogP contribution in [0.1, 0.15) is 23.2 Å². The van der Waals surface area contributed by atoms with Gasteiger partial charge in [0, 0.05) is 44.9 Å². The predicted molar refractivity (Wildman–Crippen MR) is 79.3 cm³/mol. The van der Waals surface area contributed by atoms with E-state index in [1.165, 1.54) is 0 Å². The van der Waals surface area contributed by atoms with Gasteiger partial charge < -0.3 is 9.80 Å². The number of carbonyl (C=O) groups is 2. The second kappa shape index (κ2) is 6.35. The minimum absolute atomic E-state index is 0.00357. The Hall–Kier alpha value is -1.43. The molecule has 0 atom stereocenters. The Bertz CT molecular complexity index is 511. The van der Waals surface area contributed by atoms with Crippen LogP contribution < -0.4 is 0 Å². The number of aromatic nitrogens is 1. The molecule has 2 amide bonds. The quantitative estimate of drug-likeness (QED) is 0.772. The Balaban J connectivity index is 1.97. The van der Waals surface area contributed by atoms with E-state index in [0.717, 1.165) is 12.8 Å². The smallest absolute Gasteiger partial charge is 0.254 e. The highest BCUT2D eigenvalue weighted by Crippen LogP contribution is 2.21. The Morgan fingerprint density at radius 2 is 2.00 bits per heavy atom. The normalized spacial score (nSPS) is 16.1. The zero-order valence-electron chi connectivity index (χ0n) is 11.7. The molecule has 1 aliphatic heterocycles. The number of pyridine rings is 1. The molecule has 5 nitrogen and oxygen atoms in total. The first-order valence-electron chi connectivity index (χ1n) is 6.61. The minimum atomic E-state index is 0.00357. The van der Waals surface area contributed by atoms with Gasteiger partial charge in [-0.1, -0.05) is 0 Å². The Labute approximate surface area is 127 Å². The van der Waals surface area contributed by atoms with E-state index in [2.05, 4.69) is 20.9 Å². The third kappa shape index (κ3) is 3.36. The highest BCUT2D eigenvalue weighted by molar-refractivity contribution is 9.10. The number of piperidine rings is 1. The highest BCUT2D eigenvalue weighted by atomic mass is 79.9. The fourth-order valence-corrected chi connectivity index (χ4v) is 2.78. The first kappa shape index (κ1) is 15.0. The van der Waals surface area contributed by atoms with E-state index in [1.807, 2.05) is 0 Å². The van der Waals surface area contributed by atoms with Crippen LogP contribution in [0.2, 0.25) is 0 Å². The van der Waals surface area contributed by atoms with E-state index >= 15 is 0 Å². The summed E-state index contributed by atoms with van der Waals surface area (Å²) < 4.78 is 0.654. The van der Waals surface area contributed by atoms with Gasteiger partial charge in [0.05, 0.1) is 0 Å². The maximum atomic E-state index is 12.3. The fourth-order valence-electron chi connectivity index (χ4n) is 2.41. The van der Waals surface area contributed by atoms with Gasteiger partial charge in [-0.05, 0) is 40.9 Å². The largest absolute Gasteiger partial charge is 0.349 e. The van der Waals surface area contributed by atoms with Crippen molar-refractivity contribution in [3.05, 3.63) is 28.5 Å². The van der Waals surface area contributed by atoms with Crippen molar-refractivity contribution in [1.29, 1.82) is 0 Å². The molecular weight excluding hydrogens is 322 g/mol. The molecule has 0 aliphatic carbocycles. The lowest BCUT2D eigenvalue weighted by Crippen LogP contribution is -2.42. The molecule has 0 unspecified atom stereocenters. The molecule has 1 fully saturated rings.